The SMILES string of the molecule is CC1=C(C(=O)NCc2c(F)cccc2Cl)SNP1. The number of carbonyl (C=O) groups excluding carboxylic acids is 1. The predicted octanol–water partition coefficient (Wildman–Crippen LogP) is 3.17. The molecule has 0 aliphatic carbocycles. The van der Waals surface area contributed by atoms with Gasteiger partial charge in [-0.15, -0.1) is 0 Å². The molecule has 7 heteroatoms. The van der Waals surface area contributed by atoms with E-state index in [1.807, 2.05) is 6.92 Å². The van der Waals surface area contributed by atoms with Crippen molar-refractivity contribution in [3.8, 4) is 0 Å². The summed E-state index contributed by atoms with van der Waals surface area (Å²) in [5.74, 6) is -0.609. The molecule has 1 aromatic rings. The second-order valence-corrected chi connectivity index (χ2v) is 6.50. The van der Waals surface area contributed by atoms with E-state index in [0.29, 0.717) is 24.2 Å². The van der Waals surface area contributed by atoms with Gasteiger partial charge in [-0.05, 0) is 45.1 Å². The van der Waals surface area contributed by atoms with Crippen LogP contribution >= 0.6 is 32.3 Å². The van der Waals surface area contributed by atoms with Crippen LogP contribution in [0, 0.1) is 5.82 Å². The zero-order chi connectivity index (χ0) is 13.1. The van der Waals surface area contributed by atoms with Crippen LogP contribution in [0.25, 0.3) is 0 Å². The van der Waals surface area contributed by atoms with Gasteiger partial charge in [-0.25, -0.2) is 8.88 Å². The Morgan fingerprint density at radius 1 is 1.61 bits per heavy atom. The quantitative estimate of drug-likeness (QED) is 0.666. The van der Waals surface area contributed by atoms with Crippen LogP contribution in [0.1, 0.15) is 12.5 Å². The van der Waals surface area contributed by atoms with Gasteiger partial charge in [-0.1, -0.05) is 17.7 Å². The third-order valence-electron chi connectivity index (χ3n) is 2.43. The molecule has 1 aliphatic rings. The lowest BCUT2D eigenvalue weighted by molar-refractivity contribution is -0.117. The van der Waals surface area contributed by atoms with Gasteiger partial charge in [0.15, 0.2) is 0 Å². The third kappa shape index (κ3) is 3.04. The van der Waals surface area contributed by atoms with E-state index in [0.717, 1.165) is 5.31 Å². The molecule has 3 nitrogen and oxygen atoms in total. The number of hydrogen-bond acceptors (Lipinski definition) is 3. The Labute approximate surface area is 116 Å². The smallest absolute Gasteiger partial charge is 0.259 e. The van der Waals surface area contributed by atoms with Gasteiger partial charge in [0.2, 0.25) is 0 Å². The summed E-state index contributed by atoms with van der Waals surface area (Å²) in [5, 5.41) is 4.01. The molecule has 1 aromatic carbocycles. The highest BCUT2D eigenvalue weighted by molar-refractivity contribution is 8.07. The number of halogens is 2. The highest BCUT2D eigenvalue weighted by Crippen LogP contribution is 2.38. The summed E-state index contributed by atoms with van der Waals surface area (Å²) >= 11 is 7.19. The van der Waals surface area contributed by atoms with Crippen LogP contribution in [0.4, 0.5) is 4.39 Å². The lowest BCUT2D eigenvalue weighted by Gasteiger charge is -2.08. The van der Waals surface area contributed by atoms with Crippen molar-refractivity contribution in [3.63, 3.8) is 0 Å². The fraction of sp³-hybridized carbons (Fsp3) is 0.182. The molecule has 1 aliphatic heterocycles. The van der Waals surface area contributed by atoms with Crippen LogP contribution < -0.4 is 9.81 Å². The zero-order valence-corrected chi connectivity index (χ0v) is 12.1. The van der Waals surface area contributed by atoms with E-state index in [2.05, 4.69) is 9.81 Å². The van der Waals surface area contributed by atoms with E-state index in [1.54, 1.807) is 6.07 Å². The number of amides is 1. The predicted molar refractivity (Wildman–Crippen MR) is 75.0 cm³/mol. The topological polar surface area (TPSA) is 41.1 Å². The standard InChI is InChI=1S/C11H11ClFN2OPS/c1-6-10(18-15-17-6)11(16)14-5-7-8(12)3-2-4-9(7)13/h2-4,15,17H,5H2,1H3,(H,14,16). The maximum absolute atomic E-state index is 13.5. The normalized spacial score (nSPS) is 16.4. The van der Waals surface area contributed by atoms with E-state index >= 15 is 0 Å². The first kappa shape index (κ1) is 13.8. The summed E-state index contributed by atoms with van der Waals surface area (Å²) in [6.07, 6.45) is 0. The first-order chi connectivity index (χ1) is 8.59. The molecule has 2 rings (SSSR count). The lowest BCUT2D eigenvalue weighted by atomic mass is 10.2. The maximum atomic E-state index is 13.5. The monoisotopic (exact) mass is 304 g/mol. The Bertz CT molecular complexity index is 504. The molecule has 0 saturated carbocycles. The summed E-state index contributed by atoms with van der Waals surface area (Å²) in [7, 11) is 0.453. The number of rotatable bonds is 3. The molecular weight excluding hydrogens is 294 g/mol. The summed E-state index contributed by atoms with van der Waals surface area (Å²) < 4.78 is 16.5. The first-order valence-electron chi connectivity index (χ1n) is 5.19. The molecule has 0 saturated heterocycles. The van der Waals surface area contributed by atoms with Crippen molar-refractivity contribution in [2.45, 2.75) is 13.5 Å². The number of nitrogens with one attached hydrogen (secondary N) is 2. The van der Waals surface area contributed by atoms with E-state index in [-0.39, 0.29) is 12.5 Å². The van der Waals surface area contributed by atoms with E-state index in [9.17, 15) is 9.18 Å². The molecule has 0 fully saturated rings. The number of allylic oxidation sites excluding steroid dienone is 1. The third-order valence-corrected chi connectivity index (χ3v) is 5.10. The molecule has 1 heterocycles. The maximum Gasteiger partial charge on any atom is 0.259 e. The molecule has 0 aromatic heterocycles. The van der Waals surface area contributed by atoms with Gasteiger partial charge < -0.3 is 5.32 Å². The van der Waals surface area contributed by atoms with E-state index in [4.69, 9.17) is 11.6 Å². The van der Waals surface area contributed by atoms with Gasteiger partial charge in [0.05, 0.1) is 4.91 Å². The molecular formula is C11H11ClFN2OPS. The molecule has 2 N–H and O–H groups in total. The van der Waals surface area contributed by atoms with Crippen molar-refractivity contribution in [2.75, 3.05) is 0 Å². The van der Waals surface area contributed by atoms with Crippen molar-refractivity contribution in [1.82, 2.24) is 9.81 Å². The van der Waals surface area contributed by atoms with Crippen LogP contribution in [-0.2, 0) is 11.3 Å². The Kier molecular flexibility index (Phi) is 4.62. The van der Waals surface area contributed by atoms with Gasteiger partial charge in [-0.2, -0.15) is 0 Å². The van der Waals surface area contributed by atoms with Crippen LogP contribution in [-0.4, -0.2) is 5.91 Å². The summed E-state index contributed by atoms with van der Waals surface area (Å²) in [6.45, 7) is 1.99. The fourth-order valence-corrected chi connectivity index (χ4v) is 3.76. The second-order valence-electron chi connectivity index (χ2n) is 3.67. The van der Waals surface area contributed by atoms with E-state index < -0.39 is 5.82 Å². The minimum atomic E-state index is -0.410. The minimum Gasteiger partial charge on any atom is -0.347 e. The van der Waals surface area contributed by atoms with Crippen molar-refractivity contribution >= 4 is 38.2 Å². The Morgan fingerprint density at radius 3 is 3.00 bits per heavy atom. The van der Waals surface area contributed by atoms with Crippen LogP contribution in [0.2, 0.25) is 5.02 Å². The summed E-state index contributed by atoms with van der Waals surface area (Å²) in [5.41, 5.74) is 0.309. The average Bonchev–Trinajstić information content (AvgIpc) is 2.74. The minimum absolute atomic E-state index is 0.0881. The molecule has 0 bridgehead atoms. The molecule has 18 heavy (non-hydrogen) atoms. The van der Waals surface area contributed by atoms with Crippen molar-refractivity contribution in [1.29, 1.82) is 0 Å². The van der Waals surface area contributed by atoms with Gasteiger partial charge >= 0.3 is 0 Å². The fourth-order valence-electron chi connectivity index (χ4n) is 1.45. The van der Waals surface area contributed by atoms with Crippen molar-refractivity contribution < 1.29 is 9.18 Å². The first-order valence-corrected chi connectivity index (χ1v) is 7.39. The van der Waals surface area contributed by atoms with E-state index in [1.165, 1.54) is 24.1 Å². The van der Waals surface area contributed by atoms with Gasteiger partial charge in [-0.3, -0.25) is 4.79 Å². The van der Waals surface area contributed by atoms with Crippen molar-refractivity contribution in [3.05, 3.63) is 44.8 Å². The highest BCUT2D eigenvalue weighted by atomic mass is 35.5. The van der Waals surface area contributed by atoms with Gasteiger partial charge in [0.25, 0.3) is 5.91 Å². The summed E-state index contributed by atoms with van der Waals surface area (Å²) in [4.78, 5) is 12.5. The van der Waals surface area contributed by atoms with Gasteiger partial charge in [0, 0.05) is 17.1 Å². The number of benzene rings is 1. The van der Waals surface area contributed by atoms with Crippen LogP contribution in [0.5, 0.6) is 0 Å². The molecule has 96 valence electrons. The molecule has 0 radical (unpaired) electrons. The second kappa shape index (κ2) is 6.02. The Morgan fingerprint density at radius 2 is 2.39 bits per heavy atom. The zero-order valence-electron chi connectivity index (χ0n) is 9.51. The average molecular weight is 305 g/mol. The largest absolute Gasteiger partial charge is 0.347 e. The number of carbonyl (C=O) groups is 1. The van der Waals surface area contributed by atoms with Crippen LogP contribution in [0.15, 0.2) is 28.4 Å². The molecule has 1 amide bonds. The Balaban J connectivity index is 2.04. The Hall–Kier alpha value is -0.610. The molecule has 1 atom stereocenters. The van der Waals surface area contributed by atoms with Gasteiger partial charge in [0.1, 0.15) is 5.82 Å². The number of hydrogen-bond donors (Lipinski definition) is 2. The molecule has 1 unspecified atom stereocenters. The highest BCUT2D eigenvalue weighted by Gasteiger charge is 2.19. The summed E-state index contributed by atoms with van der Waals surface area (Å²) in [6, 6.07) is 4.46. The van der Waals surface area contributed by atoms with Crippen molar-refractivity contribution in [2.24, 2.45) is 0 Å². The lowest BCUT2D eigenvalue weighted by Crippen LogP contribution is -2.24. The molecule has 0 spiro atoms. The van der Waals surface area contributed by atoms with Crippen LogP contribution in [0.3, 0.4) is 0 Å².